The number of carbonyl (C=O) groups excluding carboxylic acids is 1. The molecule has 24 heavy (non-hydrogen) atoms. The molecule has 0 saturated carbocycles. The summed E-state index contributed by atoms with van der Waals surface area (Å²) in [6.07, 6.45) is 4.84. The molecule has 3 heterocycles. The van der Waals surface area contributed by atoms with Gasteiger partial charge < -0.3 is 10.2 Å². The largest absolute Gasteiger partial charge is 0.340 e. The number of pyridine rings is 1. The standard InChI is InChI=1S/C17H22N6O/c1-22(10-11-23-8-6-18-7-9-23)17(24)14-12-20-16(21-13-14)15-4-2-3-5-19-15/h2-5,12-13,18H,6-11H2,1H3. The van der Waals surface area contributed by atoms with Crippen LogP contribution in [0.15, 0.2) is 36.8 Å². The zero-order chi connectivity index (χ0) is 16.8. The van der Waals surface area contributed by atoms with E-state index >= 15 is 0 Å². The Bertz CT molecular complexity index is 655. The molecule has 2 aromatic heterocycles. The first-order valence-electron chi connectivity index (χ1n) is 8.16. The van der Waals surface area contributed by atoms with Crippen LogP contribution in [0.5, 0.6) is 0 Å². The number of nitrogens with zero attached hydrogens (tertiary/aromatic N) is 5. The number of piperazine rings is 1. The molecule has 1 aliphatic heterocycles. The predicted molar refractivity (Wildman–Crippen MR) is 91.5 cm³/mol. The lowest BCUT2D eigenvalue weighted by Gasteiger charge is -2.29. The van der Waals surface area contributed by atoms with Crippen LogP contribution in [0, 0.1) is 0 Å². The van der Waals surface area contributed by atoms with Crippen molar-refractivity contribution in [2.75, 3.05) is 46.3 Å². The monoisotopic (exact) mass is 326 g/mol. The summed E-state index contributed by atoms with van der Waals surface area (Å²) in [6, 6.07) is 5.57. The number of hydrogen-bond donors (Lipinski definition) is 1. The van der Waals surface area contributed by atoms with Gasteiger partial charge in [0.25, 0.3) is 5.91 Å². The van der Waals surface area contributed by atoms with Gasteiger partial charge in [-0.3, -0.25) is 14.7 Å². The van der Waals surface area contributed by atoms with Crippen LogP contribution in [0.25, 0.3) is 11.5 Å². The Morgan fingerprint density at radius 2 is 1.96 bits per heavy atom. The zero-order valence-corrected chi connectivity index (χ0v) is 13.9. The number of aromatic nitrogens is 3. The molecule has 1 saturated heterocycles. The highest BCUT2D eigenvalue weighted by molar-refractivity contribution is 5.93. The first-order chi connectivity index (χ1) is 11.7. The summed E-state index contributed by atoms with van der Waals surface area (Å²) in [5, 5.41) is 3.33. The number of carbonyl (C=O) groups is 1. The number of hydrogen-bond acceptors (Lipinski definition) is 6. The van der Waals surface area contributed by atoms with Gasteiger partial charge in [0.15, 0.2) is 5.82 Å². The van der Waals surface area contributed by atoms with E-state index in [4.69, 9.17) is 0 Å². The second-order valence-corrected chi connectivity index (χ2v) is 5.83. The molecule has 3 rings (SSSR count). The summed E-state index contributed by atoms with van der Waals surface area (Å²) in [5.74, 6) is 0.466. The highest BCUT2D eigenvalue weighted by Gasteiger charge is 2.15. The van der Waals surface area contributed by atoms with E-state index < -0.39 is 0 Å². The Labute approximate surface area is 141 Å². The van der Waals surface area contributed by atoms with Gasteiger partial charge in [0.2, 0.25) is 0 Å². The Kier molecular flexibility index (Phi) is 5.45. The Morgan fingerprint density at radius 3 is 2.62 bits per heavy atom. The van der Waals surface area contributed by atoms with Crippen molar-refractivity contribution in [3.05, 3.63) is 42.4 Å². The van der Waals surface area contributed by atoms with Crippen LogP contribution >= 0.6 is 0 Å². The number of nitrogens with one attached hydrogen (secondary N) is 1. The molecule has 0 spiro atoms. The van der Waals surface area contributed by atoms with Crippen LogP contribution in [0.1, 0.15) is 10.4 Å². The van der Waals surface area contributed by atoms with Gasteiger partial charge in [-0.2, -0.15) is 0 Å². The van der Waals surface area contributed by atoms with Crippen molar-refractivity contribution in [1.29, 1.82) is 0 Å². The van der Waals surface area contributed by atoms with E-state index in [0.29, 0.717) is 23.6 Å². The number of likely N-dealkylation sites (N-methyl/N-ethyl adjacent to an activating group) is 1. The van der Waals surface area contributed by atoms with Gasteiger partial charge in [0.1, 0.15) is 5.69 Å². The molecule has 1 N–H and O–H groups in total. The van der Waals surface area contributed by atoms with Gasteiger partial charge >= 0.3 is 0 Å². The van der Waals surface area contributed by atoms with E-state index in [9.17, 15) is 4.79 Å². The van der Waals surface area contributed by atoms with E-state index in [1.807, 2.05) is 25.2 Å². The number of rotatable bonds is 5. The summed E-state index contributed by atoms with van der Waals surface area (Å²) >= 11 is 0. The normalized spacial score (nSPS) is 15.2. The third kappa shape index (κ3) is 4.12. The van der Waals surface area contributed by atoms with Crippen LogP contribution in [0.4, 0.5) is 0 Å². The Balaban J connectivity index is 1.57. The van der Waals surface area contributed by atoms with Gasteiger partial charge in [0, 0.05) is 64.9 Å². The fourth-order valence-electron chi connectivity index (χ4n) is 2.61. The summed E-state index contributed by atoms with van der Waals surface area (Å²) in [7, 11) is 1.82. The Hall–Kier alpha value is -2.38. The van der Waals surface area contributed by atoms with Crippen molar-refractivity contribution in [2.24, 2.45) is 0 Å². The summed E-state index contributed by atoms with van der Waals surface area (Å²) in [4.78, 5) is 29.3. The predicted octanol–water partition coefficient (Wildman–Crippen LogP) is 0.516. The molecule has 7 heteroatoms. The summed E-state index contributed by atoms with van der Waals surface area (Å²) in [6.45, 7) is 5.67. The topological polar surface area (TPSA) is 74.2 Å². The maximum atomic E-state index is 12.5. The number of amides is 1. The fourth-order valence-corrected chi connectivity index (χ4v) is 2.61. The molecule has 2 aromatic rings. The molecule has 0 aliphatic carbocycles. The zero-order valence-electron chi connectivity index (χ0n) is 13.9. The fraction of sp³-hybridized carbons (Fsp3) is 0.412. The quantitative estimate of drug-likeness (QED) is 0.863. The second-order valence-electron chi connectivity index (χ2n) is 5.83. The van der Waals surface area contributed by atoms with Crippen molar-refractivity contribution in [3.8, 4) is 11.5 Å². The molecule has 126 valence electrons. The molecule has 0 atom stereocenters. The minimum Gasteiger partial charge on any atom is -0.340 e. The molecule has 1 fully saturated rings. The molecule has 7 nitrogen and oxygen atoms in total. The van der Waals surface area contributed by atoms with Crippen molar-refractivity contribution in [1.82, 2.24) is 30.1 Å². The van der Waals surface area contributed by atoms with Gasteiger partial charge in [-0.25, -0.2) is 9.97 Å². The molecule has 1 aliphatic rings. The summed E-state index contributed by atoms with van der Waals surface area (Å²) in [5.41, 5.74) is 1.20. The van der Waals surface area contributed by atoms with Crippen LogP contribution in [-0.2, 0) is 0 Å². The third-order valence-electron chi connectivity index (χ3n) is 4.10. The van der Waals surface area contributed by atoms with Gasteiger partial charge in [-0.1, -0.05) is 6.07 Å². The third-order valence-corrected chi connectivity index (χ3v) is 4.10. The average Bonchev–Trinajstić information content (AvgIpc) is 2.67. The highest BCUT2D eigenvalue weighted by Crippen LogP contribution is 2.11. The molecular formula is C17H22N6O. The summed E-state index contributed by atoms with van der Waals surface area (Å²) < 4.78 is 0. The van der Waals surface area contributed by atoms with Gasteiger partial charge in [-0.15, -0.1) is 0 Å². The first kappa shape index (κ1) is 16.5. The molecule has 0 bridgehead atoms. The van der Waals surface area contributed by atoms with Crippen LogP contribution < -0.4 is 5.32 Å². The maximum absolute atomic E-state index is 12.5. The van der Waals surface area contributed by atoms with E-state index in [1.165, 1.54) is 0 Å². The molecule has 0 unspecified atom stereocenters. The average molecular weight is 326 g/mol. The molecular weight excluding hydrogens is 304 g/mol. The lowest BCUT2D eigenvalue weighted by molar-refractivity contribution is 0.0774. The maximum Gasteiger partial charge on any atom is 0.256 e. The van der Waals surface area contributed by atoms with Crippen molar-refractivity contribution >= 4 is 5.91 Å². The van der Waals surface area contributed by atoms with E-state index in [1.54, 1.807) is 23.5 Å². The molecule has 0 radical (unpaired) electrons. The molecule has 1 amide bonds. The van der Waals surface area contributed by atoms with Crippen molar-refractivity contribution < 1.29 is 4.79 Å². The van der Waals surface area contributed by atoms with E-state index in [-0.39, 0.29) is 5.91 Å². The minimum atomic E-state index is -0.0577. The highest BCUT2D eigenvalue weighted by atomic mass is 16.2. The van der Waals surface area contributed by atoms with Crippen LogP contribution in [0.3, 0.4) is 0 Å². The minimum absolute atomic E-state index is 0.0577. The lowest BCUT2D eigenvalue weighted by Crippen LogP contribution is -2.46. The van der Waals surface area contributed by atoms with E-state index in [0.717, 1.165) is 32.7 Å². The smallest absolute Gasteiger partial charge is 0.256 e. The Morgan fingerprint density at radius 1 is 1.21 bits per heavy atom. The van der Waals surface area contributed by atoms with Crippen molar-refractivity contribution in [3.63, 3.8) is 0 Å². The first-order valence-corrected chi connectivity index (χ1v) is 8.16. The van der Waals surface area contributed by atoms with Gasteiger partial charge in [0.05, 0.1) is 5.56 Å². The van der Waals surface area contributed by atoms with Crippen molar-refractivity contribution in [2.45, 2.75) is 0 Å². The van der Waals surface area contributed by atoms with Crippen LogP contribution in [0.2, 0.25) is 0 Å². The van der Waals surface area contributed by atoms with Gasteiger partial charge in [-0.05, 0) is 12.1 Å². The second kappa shape index (κ2) is 7.94. The van der Waals surface area contributed by atoms with Crippen LogP contribution in [-0.4, -0.2) is 77.0 Å². The molecule has 0 aromatic carbocycles. The van der Waals surface area contributed by atoms with E-state index in [2.05, 4.69) is 25.2 Å². The lowest BCUT2D eigenvalue weighted by atomic mass is 10.2. The SMILES string of the molecule is CN(CCN1CCNCC1)C(=O)c1cnc(-c2ccccn2)nc1.